The van der Waals surface area contributed by atoms with Crippen LogP contribution >= 0.6 is 23.5 Å². The van der Waals surface area contributed by atoms with Crippen molar-refractivity contribution in [3.05, 3.63) is 106 Å². The van der Waals surface area contributed by atoms with E-state index in [0.717, 1.165) is 29.4 Å². The maximum Gasteiger partial charge on any atom is 0.0187 e. The highest BCUT2D eigenvalue weighted by atomic mass is 32.2. The molecule has 3 aromatic rings. The highest BCUT2D eigenvalue weighted by molar-refractivity contribution is 7.98. The average Bonchev–Trinajstić information content (AvgIpc) is 2.66. The highest BCUT2D eigenvalue weighted by Gasteiger charge is 2.02. The molecule has 0 saturated heterocycles. The number of rotatable bonds is 0. The molecule has 0 atom stereocenters. The summed E-state index contributed by atoms with van der Waals surface area (Å²) in [7, 11) is 0. The lowest BCUT2D eigenvalue weighted by Crippen LogP contribution is -1.90. The first-order valence-corrected chi connectivity index (χ1v) is 11.0. The van der Waals surface area contributed by atoms with E-state index in [4.69, 9.17) is 0 Å². The lowest BCUT2D eigenvalue weighted by atomic mass is 10.0. The second-order valence-corrected chi connectivity index (χ2v) is 8.58. The minimum absolute atomic E-state index is 1.02. The monoisotopic (exact) mass is 362 g/mol. The fourth-order valence-corrected chi connectivity index (χ4v) is 4.96. The minimum Gasteiger partial charge on any atom is -0.152 e. The zero-order chi connectivity index (χ0) is 16.9. The van der Waals surface area contributed by atoms with Crippen LogP contribution in [0.1, 0.15) is 33.4 Å². The average molecular weight is 363 g/mol. The molecule has 0 aliphatic carbocycles. The van der Waals surface area contributed by atoms with Crippen LogP contribution in [0.3, 0.4) is 0 Å². The number of fused-ring (bicyclic) bond motifs is 1. The molecule has 3 aromatic carbocycles. The van der Waals surface area contributed by atoms with Gasteiger partial charge in [0.05, 0.1) is 0 Å². The second kappa shape index (κ2) is 8.16. The van der Waals surface area contributed by atoms with Crippen LogP contribution in [0.15, 0.2) is 72.8 Å². The van der Waals surface area contributed by atoms with Gasteiger partial charge in [0.15, 0.2) is 0 Å². The summed E-state index contributed by atoms with van der Waals surface area (Å²) in [5, 5.41) is 0. The summed E-state index contributed by atoms with van der Waals surface area (Å²) in [6.07, 6.45) is 1.02. The van der Waals surface area contributed by atoms with E-state index in [1.165, 1.54) is 33.4 Å². The highest BCUT2D eigenvalue weighted by Crippen LogP contribution is 2.23. The van der Waals surface area contributed by atoms with Gasteiger partial charge in [-0.25, -0.2) is 0 Å². The fourth-order valence-electron chi connectivity index (χ4n) is 3.05. The number of hydrogen-bond acceptors (Lipinski definition) is 2. The zero-order valence-electron chi connectivity index (χ0n) is 14.3. The molecule has 0 fully saturated rings. The van der Waals surface area contributed by atoms with Gasteiger partial charge in [0.2, 0.25) is 0 Å². The summed E-state index contributed by atoms with van der Waals surface area (Å²) in [6.45, 7) is 0. The Balaban J connectivity index is 1.57. The summed E-state index contributed by atoms with van der Waals surface area (Å²) < 4.78 is 0. The molecule has 25 heavy (non-hydrogen) atoms. The van der Waals surface area contributed by atoms with Crippen LogP contribution in [-0.4, -0.2) is 0 Å². The molecule has 0 aromatic heterocycles. The molecule has 0 N–H and O–H groups in total. The normalized spacial score (nSPS) is 14.9. The molecule has 2 heteroatoms. The Bertz CT molecular complexity index is 732. The van der Waals surface area contributed by atoms with Crippen molar-refractivity contribution in [3.8, 4) is 0 Å². The van der Waals surface area contributed by atoms with Crippen molar-refractivity contribution in [1.82, 2.24) is 0 Å². The summed E-state index contributed by atoms with van der Waals surface area (Å²) in [5.74, 6) is 4.32. The largest absolute Gasteiger partial charge is 0.152 e. The predicted octanol–water partition coefficient (Wildman–Crippen LogP) is 6.46. The molecule has 0 radical (unpaired) electrons. The van der Waals surface area contributed by atoms with E-state index >= 15 is 0 Å². The smallest absolute Gasteiger partial charge is 0.0187 e. The second-order valence-electron chi connectivity index (χ2n) is 6.61. The van der Waals surface area contributed by atoms with Gasteiger partial charge in [-0.05, 0) is 39.8 Å². The van der Waals surface area contributed by atoms with E-state index in [0.29, 0.717) is 0 Å². The molecule has 0 unspecified atom stereocenters. The van der Waals surface area contributed by atoms with Crippen LogP contribution in [0.5, 0.6) is 0 Å². The Morgan fingerprint density at radius 3 is 0.880 bits per heavy atom. The molecular weight excluding hydrogens is 340 g/mol. The molecule has 0 nitrogen and oxygen atoms in total. The summed E-state index contributed by atoms with van der Waals surface area (Å²) >= 11 is 3.99. The summed E-state index contributed by atoms with van der Waals surface area (Å²) in [5.41, 5.74) is 8.45. The first-order chi connectivity index (χ1) is 12.3. The molecule has 5 aliphatic heterocycles. The van der Waals surface area contributed by atoms with Crippen molar-refractivity contribution >= 4 is 23.5 Å². The van der Waals surface area contributed by atoms with E-state index in [2.05, 4.69) is 72.8 Å². The van der Waals surface area contributed by atoms with Crippen LogP contribution in [-0.2, 0) is 29.4 Å². The molecule has 126 valence electrons. The molecular formula is C23H22S2. The van der Waals surface area contributed by atoms with Gasteiger partial charge in [-0.3, -0.25) is 0 Å². The maximum absolute atomic E-state index is 2.29. The van der Waals surface area contributed by atoms with E-state index in [1.807, 2.05) is 23.5 Å². The van der Waals surface area contributed by atoms with Gasteiger partial charge in [-0.15, -0.1) is 0 Å². The van der Waals surface area contributed by atoms with Crippen molar-refractivity contribution in [2.45, 2.75) is 29.4 Å². The van der Waals surface area contributed by atoms with E-state index in [9.17, 15) is 0 Å². The van der Waals surface area contributed by atoms with Gasteiger partial charge in [-0.2, -0.15) is 23.5 Å². The Morgan fingerprint density at radius 2 is 0.600 bits per heavy atom. The molecule has 6 bridgehead atoms. The van der Waals surface area contributed by atoms with Crippen molar-refractivity contribution in [2.75, 3.05) is 0 Å². The molecule has 0 saturated carbocycles. The topological polar surface area (TPSA) is 0 Å². The third-order valence-electron chi connectivity index (χ3n) is 4.55. The standard InChI is InChI=1S/C23H22S2/c1-5-20-6-2-18(1)13-19-3-7-21(8-4-19)15-25-17-23-11-9-22(10-12-23)16-24-14-20/h1-12H,13-17H2. The van der Waals surface area contributed by atoms with Gasteiger partial charge < -0.3 is 0 Å². The van der Waals surface area contributed by atoms with Crippen molar-refractivity contribution in [1.29, 1.82) is 0 Å². The van der Waals surface area contributed by atoms with Gasteiger partial charge in [0, 0.05) is 23.0 Å². The van der Waals surface area contributed by atoms with Gasteiger partial charge in [0.1, 0.15) is 0 Å². The molecule has 0 amide bonds. The number of thioether (sulfide) groups is 2. The molecule has 5 aliphatic rings. The quantitative estimate of drug-likeness (QED) is 0.450. The first kappa shape index (κ1) is 16.8. The van der Waals surface area contributed by atoms with E-state index in [-0.39, 0.29) is 0 Å². The Morgan fingerprint density at radius 1 is 0.360 bits per heavy atom. The van der Waals surface area contributed by atoms with E-state index < -0.39 is 0 Å². The predicted molar refractivity (Wildman–Crippen MR) is 112 cm³/mol. The lowest BCUT2D eigenvalue weighted by Gasteiger charge is -2.06. The molecule has 8 rings (SSSR count). The van der Waals surface area contributed by atoms with Gasteiger partial charge in [0.25, 0.3) is 0 Å². The van der Waals surface area contributed by atoms with Crippen LogP contribution < -0.4 is 0 Å². The first-order valence-electron chi connectivity index (χ1n) is 8.74. The van der Waals surface area contributed by atoms with Crippen molar-refractivity contribution in [3.63, 3.8) is 0 Å². The SMILES string of the molecule is c1cc2ccc1CSCc1ccc(cc1)Cc1ccc(cc1)CSC2. The number of benzene rings is 3. The summed E-state index contributed by atoms with van der Waals surface area (Å²) in [4.78, 5) is 0. The molecule has 5 heterocycles. The van der Waals surface area contributed by atoms with Crippen molar-refractivity contribution in [2.24, 2.45) is 0 Å². The van der Waals surface area contributed by atoms with Gasteiger partial charge in [-0.1, -0.05) is 72.8 Å². The van der Waals surface area contributed by atoms with Gasteiger partial charge >= 0.3 is 0 Å². The minimum atomic E-state index is 1.02. The zero-order valence-corrected chi connectivity index (χ0v) is 15.9. The lowest BCUT2D eigenvalue weighted by molar-refractivity contribution is 1.18. The van der Waals surface area contributed by atoms with Crippen molar-refractivity contribution < 1.29 is 0 Å². The molecule has 0 spiro atoms. The van der Waals surface area contributed by atoms with Crippen LogP contribution in [0.25, 0.3) is 0 Å². The third-order valence-corrected chi connectivity index (χ3v) is 6.70. The van der Waals surface area contributed by atoms with Crippen LogP contribution in [0.4, 0.5) is 0 Å². The van der Waals surface area contributed by atoms with Crippen LogP contribution in [0, 0.1) is 0 Å². The van der Waals surface area contributed by atoms with Crippen LogP contribution in [0.2, 0.25) is 0 Å². The summed E-state index contributed by atoms with van der Waals surface area (Å²) in [6, 6.07) is 27.4. The van der Waals surface area contributed by atoms with E-state index in [1.54, 1.807) is 0 Å². The Hall–Kier alpha value is -1.64. The number of hydrogen-bond donors (Lipinski definition) is 0. The fraction of sp³-hybridized carbons (Fsp3) is 0.217. The maximum atomic E-state index is 2.29. The third kappa shape index (κ3) is 4.71. The Kier molecular flexibility index (Phi) is 5.49. The Labute approximate surface area is 159 Å².